The highest BCUT2D eigenvalue weighted by Crippen LogP contribution is 2.33. The fraction of sp³-hybridized carbons (Fsp3) is 0.444. The number of rotatable bonds is 2. The van der Waals surface area contributed by atoms with Crippen LogP contribution in [0.1, 0.15) is 38.7 Å². The van der Waals surface area contributed by atoms with E-state index in [0.717, 1.165) is 28.4 Å². The van der Waals surface area contributed by atoms with Crippen LogP contribution in [0.4, 0.5) is 5.69 Å². The standard InChI is InChI=1S/C18H21N3/c1-12-7-13(2)9-15(8-12)21-18-14(10-19)11-20-17-6-4-3-5-16(17)18/h3-6,11-13,15H,7-9H2,1-2H3,(H,20,21). The first-order chi connectivity index (χ1) is 10.2. The molecule has 1 aliphatic carbocycles. The van der Waals surface area contributed by atoms with Gasteiger partial charge < -0.3 is 5.32 Å². The van der Waals surface area contributed by atoms with Crippen LogP contribution in [0.3, 0.4) is 0 Å². The molecule has 3 rings (SSSR count). The Morgan fingerprint density at radius 2 is 1.86 bits per heavy atom. The molecule has 1 aliphatic rings. The molecule has 1 fully saturated rings. The molecule has 1 aromatic heterocycles. The molecular formula is C18H21N3. The van der Waals surface area contributed by atoms with Gasteiger partial charge in [0.2, 0.25) is 0 Å². The molecule has 0 saturated heterocycles. The summed E-state index contributed by atoms with van der Waals surface area (Å²) < 4.78 is 0. The summed E-state index contributed by atoms with van der Waals surface area (Å²) in [6.45, 7) is 4.64. The predicted molar refractivity (Wildman–Crippen MR) is 86.0 cm³/mol. The van der Waals surface area contributed by atoms with Gasteiger partial charge in [-0.15, -0.1) is 0 Å². The van der Waals surface area contributed by atoms with Crippen molar-refractivity contribution < 1.29 is 0 Å². The van der Waals surface area contributed by atoms with Gasteiger partial charge >= 0.3 is 0 Å². The van der Waals surface area contributed by atoms with Crippen molar-refractivity contribution in [3.8, 4) is 6.07 Å². The fourth-order valence-corrected chi connectivity index (χ4v) is 3.65. The van der Waals surface area contributed by atoms with E-state index in [1.165, 1.54) is 19.3 Å². The number of pyridine rings is 1. The van der Waals surface area contributed by atoms with Crippen LogP contribution >= 0.6 is 0 Å². The molecule has 0 aliphatic heterocycles. The second-order valence-electron chi connectivity index (χ2n) is 6.43. The summed E-state index contributed by atoms with van der Waals surface area (Å²) in [5.41, 5.74) is 2.53. The van der Waals surface area contributed by atoms with Gasteiger partial charge in [0.15, 0.2) is 0 Å². The molecule has 21 heavy (non-hydrogen) atoms. The number of hydrogen-bond donors (Lipinski definition) is 1. The van der Waals surface area contributed by atoms with Crippen molar-refractivity contribution in [1.82, 2.24) is 4.98 Å². The Labute approximate surface area is 126 Å². The van der Waals surface area contributed by atoms with Crippen LogP contribution in [0.2, 0.25) is 0 Å². The maximum atomic E-state index is 9.38. The molecule has 3 nitrogen and oxygen atoms in total. The molecular weight excluding hydrogens is 258 g/mol. The molecule has 3 heteroatoms. The van der Waals surface area contributed by atoms with E-state index in [1.807, 2.05) is 24.3 Å². The quantitative estimate of drug-likeness (QED) is 0.889. The van der Waals surface area contributed by atoms with Gasteiger partial charge in [0.25, 0.3) is 0 Å². The second-order valence-corrected chi connectivity index (χ2v) is 6.43. The molecule has 1 saturated carbocycles. The van der Waals surface area contributed by atoms with Crippen LogP contribution in [-0.4, -0.2) is 11.0 Å². The molecule has 0 bridgehead atoms. The highest BCUT2D eigenvalue weighted by atomic mass is 14.9. The van der Waals surface area contributed by atoms with Gasteiger partial charge in [0.05, 0.1) is 16.8 Å². The topological polar surface area (TPSA) is 48.7 Å². The third-order valence-corrected chi connectivity index (χ3v) is 4.42. The molecule has 0 amide bonds. The van der Waals surface area contributed by atoms with E-state index in [4.69, 9.17) is 0 Å². The lowest BCUT2D eigenvalue weighted by atomic mass is 9.80. The first kappa shape index (κ1) is 13.9. The van der Waals surface area contributed by atoms with Gasteiger partial charge in [-0.25, -0.2) is 0 Å². The largest absolute Gasteiger partial charge is 0.381 e. The van der Waals surface area contributed by atoms with E-state index in [9.17, 15) is 5.26 Å². The summed E-state index contributed by atoms with van der Waals surface area (Å²) in [6, 6.07) is 10.7. The van der Waals surface area contributed by atoms with Crippen molar-refractivity contribution in [2.75, 3.05) is 5.32 Å². The number of nitrogens with zero attached hydrogens (tertiary/aromatic N) is 2. The molecule has 1 aromatic carbocycles. The number of anilines is 1. The molecule has 2 aromatic rings. The van der Waals surface area contributed by atoms with E-state index >= 15 is 0 Å². The Hall–Kier alpha value is -2.08. The van der Waals surface area contributed by atoms with Gasteiger partial charge in [0.1, 0.15) is 6.07 Å². The molecule has 1 heterocycles. The highest BCUT2D eigenvalue weighted by molar-refractivity contribution is 5.93. The molecule has 0 radical (unpaired) electrons. The third-order valence-electron chi connectivity index (χ3n) is 4.42. The smallest absolute Gasteiger partial charge is 0.103 e. The SMILES string of the molecule is CC1CC(C)CC(Nc2c(C#N)cnc3ccccc23)C1. The highest BCUT2D eigenvalue weighted by Gasteiger charge is 2.24. The van der Waals surface area contributed by atoms with Crippen molar-refractivity contribution in [2.24, 2.45) is 11.8 Å². The lowest BCUT2D eigenvalue weighted by Crippen LogP contribution is -2.30. The summed E-state index contributed by atoms with van der Waals surface area (Å²) >= 11 is 0. The van der Waals surface area contributed by atoms with Crippen LogP contribution in [0.25, 0.3) is 10.9 Å². The van der Waals surface area contributed by atoms with Crippen molar-refractivity contribution >= 4 is 16.6 Å². The first-order valence-corrected chi connectivity index (χ1v) is 7.71. The average Bonchev–Trinajstić information content (AvgIpc) is 2.46. The Morgan fingerprint density at radius 3 is 2.57 bits per heavy atom. The molecule has 2 unspecified atom stereocenters. The van der Waals surface area contributed by atoms with Gasteiger partial charge in [-0.05, 0) is 37.2 Å². The first-order valence-electron chi connectivity index (χ1n) is 7.71. The second kappa shape index (κ2) is 5.73. The average molecular weight is 279 g/mol. The number of fused-ring (bicyclic) bond motifs is 1. The molecule has 0 spiro atoms. The number of benzene rings is 1. The summed E-state index contributed by atoms with van der Waals surface area (Å²) in [7, 11) is 0. The maximum absolute atomic E-state index is 9.38. The minimum absolute atomic E-state index is 0.446. The van der Waals surface area contributed by atoms with Crippen LogP contribution in [-0.2, 0) is 0 Å². The van der Waals surface area contributed by atoms with Crippen molar-refractivity contribution in [1.29, 1.82) is 5.26 Å². The summed E-state index contributed by atoms with van der Waals surface area (Å²) in [6.07, 6.45) is 5.33. The Bertz CT molecular complexity index is 676. The van der Waals surface area contributed by atoms with Crippen LogP contribution < -0.4 is 5.32 Å². The van der Waals surface area contributed by atoms with Gasteiger partial charge in [-0.1, -0.05) is 32.0 Å². The summed E-state index contributed by atoms with van der Waals surface area (Å²) in [4.78, 5) is 4.37. The van der Waals surface area contributed by atoms with Crippen LogP contribution in [0.15, 0.2) is 30.5 Å². The Morgan fingerprint density at radius 1 is 1.14 bits per heavy atom. The zero-order valence-electron chi connectivity index (χ0n) is 12.6. The zero-order chi connectivity index (χ0) is 14.8. The normalized spacial score (nSPS) is 25.5. The van der Waals surface area contributed by atoms with E-state index in [-0.39, 0.29) is 0 Å². The fourth-order valence-electron chi connectivity index (χ4n) is 3.65. The monoisotopic (exact) mass is 279 g/mol. The summed E-state index contributed by atoms with van der Waals surface area (Å²) in [5, 5.41) is 14.1. The third kappa shape index (κ3) is 2.85. The Kier molecular flexibility index (Phi) is 3.79. The molecule has 1 N–H and O–H groups in total. The minimum atomic E-state index is 0.446. The minimum Gasteiger partial charge on any atom is -0.381 e. The number of nitrogens with one attached hydrogen (secondary N) is 1. The lowest BCUT2D eigenvalue weighted by Gasteiger charge is -2.33. The van der Waals surface area contributed by atoms with Crippen molar-refractivity contribution in [3.05, 3.63) is 36.0 Å². The van der Waals surface area contributed by atoms with Crippen LogP contribution in [0, 0.1) is 23.2 Å². The van der Waals surface area contributed by atoms with E-state index in [0.29, 0.717) is 11.6 Å². The summed E-state index contributed by atoms with van der Waals surface area (Å²) in [5.74, 6) is 1.48. The van der Waals surface area contributed by atoms with Gasteiger partial charge in [-0.3, -0.25) is 4.98 Å². The molecule has 2 atom stereocenters. The zero-order valence-corrected chi connectivity index (χ0v) is 12.6. The number of aromatic nitrogens is 1. The van der Waals surface area contributed by atoms with Crippen molar-refractivity contribution in [3.63, 3.8) is 0 Å². The Balaban J connectivity index is 1.97. The van der Waals surface area contributed by atoms with Gasteiger partial charge in [0, 0.05) is 17.6 Å². The lowest BCUT2D eigenvalue weighted by molar-refractivity contribution is 0.281. The molecule has 108 valence electrons. The van der Waals surface area contributed by atoms with Gasteiger partial charge in [-0.2, -0.15) is 5.26 Å². The number of nitriles is 1. The van der Waals surface area contributed by atoms with E-state index in [1.54, 1.807) is 6.20 Å². The van der Waals surface area contributed by atoms with Crippen molar-refractivity contribution in [2.45, 2.75) is 39.2 Å². The predicted octanol–water partition coefficient (Wildman–Crippen LogP) is 4.34. The number of para-hydroxylation sites is 1. The van der Waals surface area contributed by atoms with E-state index in [2.05, 4.69) is 30.2 Å². The van der Waals surface area contributed by atoms with E-state index < -0.39 is 0 Å². The maximum Gasteiger partial charge on any atom is 0.103 e. The number of hydrogen-bond acceptors (Lipinski definition) is 3. The van der Waals surface area contributed by atoms with Crippen LogP contribution in [0.5, 0.6) is 0 Å².